The lowest BCUT2D eigenvalue weighted by Crippen LogP contribution is -1.89. The fourth-order valence-electron chi connectivity index (χ4n) is 1.64. The van der Waals surface area contributed by atoms with Crippen LogP contribution in [0.2, 0.25) is 0 Å². The van der Waals surface area contributed by atoms with Crippen LogP contribution in [0.3, 0.4) is 0 Å². The maximum atomic E-state index is 5.52. The number of aryl methyl sites for hydroxylation is 1. The number of nitrogens with two attached hydrogens (primary N) is 1. The normalized spacial score (nSPS) is 11.1. The predicted molar refractivity (Wildman–Crippen MR) is 59.6 cm³/mol. The van der Waals surface area contributed by atoms with Crippen molar-refractivity contribution in [1.29, 1.82) is 0 Å². The van der Waals surface area contributed by atoms with Gasteiger partial charge in [-0.05, 0) is 12.1 Å². The summed E-state index contributed by atoms with van der Waals surface area (Å²) in [6.45, 7) is 0. The minimum absolute atomic E-state index is 0.281. The molecule has 3 aromatic rings. The SMILES string of the molecule is Cn1cc(-c2ccc3nc(N)nn3c2)cn1. The highest BCUT2D eigenvalue weighted by atomic mass is 15.3. The second-order valence-electron chi connectivity index (χ2n) is 3.59. The van der Waals surface area contributed by atoms with Gasteiger partial charge in [0.05, 0.1) is 6.20 Å². The van der Waals surface area contributed by atoms with Gasteiger partial charge < -0.3 is 5.73 Å². The molecule has 3 rings (SSSR count). The van der Waals surface area contributed by atoms with Gasteiger partial charge in [0, 0.05) is 30.6 Å². The second kappa shape index (κ2) is 3.06. The number of aromatic nitrogens is 5. The summed E-state index contributed by atoms with van der Waals surface area (Å²) in [5.74, 6) is 0.281. The van der Waals surface area contributed by atoms with Gasteiger partial charge in [-0.2, -0.15) is 10.1 Å². The number of nitrogen functional groups attached to an aromatic ring is 1. The van der Waals surface area contributed by atoms with Crippen LogP contribution in [0, 0.1) is 0 Å². The number of hydrogen-bond acceptors (Lipinski definition) is 4. The van der Waals surface area contributed by atoms with E-state index < -0.39 is 0 Å². The zero-order valence-electron chi connectivity index (χ0n) is 8.70. The van der Waals surface area contributed by atoms with E-state index in [9.17, 15) is 0 Å². The van der Waals surface area contributed by atoms with Crippen LogP contribution in [0.5, 0.6) is 0 Å². The number of hydrogen-bond donors (Lipinski definition) is 1. The van der Waals surface area contributed by atoms with Crippen molar-refractivity contribution in [2.45, 2.75) is 0 Å². The number of fused-ring (bicyclic) bond motifs is 1. The molecule has 0 bridgehead atoms. The highest BCUT2D eigenvalue weighted by Gasteiger charge is 2.04. The largest absolute Gasteiger partial charge is 0.366 e. The van der Waals surface area contributed by atoms with Gasteiger partial charge in [-0.3, -0.25) is 4.68 Å². The first-order valence-electron chi connectivity index (χ1n) is 4.83. The fourth-order valence-corrected chi connectivity index (χ4v) is 1.64. The second-order valence-corrected chi connectivity index (χ2v) is 3.59. The van der Waals surface area contributed by atoms with E-state index in [0.29, 0.717) is 0 Å². The molecule has 0 atom stereocenters. The van der Waals surface area contributed by atoms with Crippen LogP contribution < -0.4 is 5.73 Å². The molecule has 0 aliphatic rings. The van der Waals surface area contributed by atoms with Crippen LogP contribution in [-0.2, 0) is 7.05 Å². The molecule has 0 aliphatic heterocycles. The van der Waals surface area contributed by atoms with Crippen molar-refractivity contribution >= 4 is 11.6 Å². The van der Waals surface area contributed by atoms with Gasteiger partial charge in [-0.1, -0.05) is 0 Å². The van der Waals surface area contributed by atoms with Crippen LogP contribution in [0.4, 0.5) is 5.95 Å². The van der Waals surface area contributed by atoms with Gasteiger partial charge in [-0.15, -0.1) is 5.10 Å². The van der Waals surface area contributed by atoms with Crippen LogP contribution in [-0.4, -0.2) is 24.4 Å². The van der Waals surface area contributed by atoms with E-state index in [2.05, 4.69) is 15.2 Å². The molecule has 3 heterocycles. The molecule has 16 heavy (non-hydrogen) atoms. The molecule has 0 aliphatic carbocycles. The predicted octanol–water partition coefficient (Wildman–Crippen LogP) is 0.712. The lowest BCUT2D eigenvalue weighted by atomic mass is 10.2. The van der Waals surface area contributed by atoms with E-state index in [4.69, 9.17) is 5.73 Å². The molecule has 0 fully saturated rings. The summed E-state index contributed by atoms with van der Waals surface area (Å²) in [7, 11) is 1.88. The molecule has 0 spiro atoms. The third kappa shape index (κ3) is 1.31. The number of anilines is 1. The van der Waals surface area contributed by atoms with E-state index in [1.54, 1.807) is 15.4 Å². The molecule has 2 N–H and O–H groups in total. The van der Waals surface area contributed by atoms with Crippen molar-refractivity contribution in [2.75, 3.05) is 5.73 Å². The van der Waals surface area contributed by atoms with Gasteiger partial charge in [-0.25, -0.2) is 4.52 Å². The fraction of sp³-hybridized carbons (Fsp3) is 0.100. The molecule has 3 aromatic heterocycles. The molecular formula is C10H10N6. The third-order valence-electron chi connectivity index (χ3n) is 2.39. The van der Waals surface area contributed by atoms with Gasteiger partial charge in [0.15, 0.2) is 5.65 Å². The summed E-state index contributed by atoms with van der Waals surface area (Å²) in [5, 5.41) is 8.19. The summed E-state index contributed by atoms with van der Waals surface area (Å²) in [5.41, 5.74) is 8.34. The zero-order valence-corrected chi connectivity index (χ0v) is 8.70. The van der Waals surface area contributed by atoms with E-state index in [-0.39, 0.29) is 5.95 Å². The van der Waals surface area contributed by atoms with Crippen LogP contribution in [0.1, 0.15) is 0 Å². The average Bonchev–Trinajstić information content (AvgIpc) is 2.81. The summed E-state index contributed by atoms with van der Waals surface area (Å²) in [6.07, 6.45) is 5.64. The van der Waals surface area contributed by atoms with Crippen LogP contribution in [0.25, 0.3) is 16.8 Å². The van der Waals surface area contributed by atoms with Gasteiger partial charge in [0.2, 0.25) is 5.95 Å². The van der Waals surface area contributed by atoms with Gasteiger partial charge >= 0.3 is 0 Å². The van der Waals surface area contributed by atoms with E-state index >= 15 is 0 Å². The molecule has 0 aromatic carbocycles. The van der Waals surface area contributed by atoms with E-state index in [1.807, 2.05) is 31.6 Å². The van der Waals surface area contributed by atoms with Crippen molar-refractivity contribution in [3.05, 3.63) is 30.7 Å². The quantitative estimate of drug-likeness (QED) is 0.647. The number of pyridine rings is 1. The Morgan fingerprint density at radius 1 is 1.19 bits per heavy atom. The topological polar surface area (TPSA) is 74.0 Å². The van der Waals surface area contributed by atoms with Crippen molar-refractivity contribution in [3.8, 4) is 11.1 Å². The van der Waals surface area contributed by atoms with Crippen LogP contribution >= 0.6 is 0 Å². The van der Waals surface area contributed by atoms with Gasteiger partial charge in [0.25, 0.3) is 0 Å². The van der Waals surface area contributed by atoms with E-state index in [1.165, 1.54) is 0 Å². The summed E-state index contributed by atoms with van der Waals surface area (Å²) in [4.78, 5) is 4.06. The number of rotatable bonds is 1. The Hall–Kier alpha value is -2.37. The summed E-state index contributed by atoms with van der Waals surface area (Å²) >= 11 is 0. The smallest absolute Gasteiger partial charge is 0.240 e. The van der Waals surface area contributed by atoms with Crippen molar-refractivity contribution in [3.63, 3.8) is 0 Å². The zero-order chi connectivity index (χ0) is 11.1. The Labute approximate surface area is 91.3 Å². The first-order valence-corrected chi connectivity index (χ1v) is 4.83. The molecule has 6 nitrogen and oxygen atoms in total. The van der Waals surface area contributed by atoms with Crippen LogP contribution in [0.15, 0.2) is 30.7 Å². The average molecular weight is 214 g/mol. The summed E-state index contributed by atoms with van der Waals surface area (Å²) in [6, 6.07) is 3.85. The Morgan fingerprint density at radius 2 is 2.06 bits per heavy atom. The molecule has 0 saturated carbocycles. The highest BCUT2D eigenvalue weighted by Crippen LogP contribution is 2.18. The summed E-state index contributed by atoms with van der Waals surface area (Å²) < 4.78 is 3.42. The third-order valence-corrected chi connectivity index (χ3v) is 2.39. The van der Waals surface area contributed by atoms with Gasteiger partial charge in [0.1, 0.15) is 0 Å². The van der Waals surface area contributed by atoms with Crippen molar-refractivity contribution in [1.82, 2.24) is 24.4 Å². The lowest BCUT2D eigenvalue weighted by molar-refractivity contribution is 0.768. The van der Waals surface area contributed by atoms with Crippen molar-refractivity contribution in [2.24, 2.45) is 7.05 Å². The molecule has 6 heteroatoms. The monoisotopic (exact) mass is 214 g/mol. The number of nitrogens with zero attached hydrogens (tertiary/aromatic N) is 5. The minimum Gasteiger partial charge on any atom is -0.366 e. The first kappa shape index (κ1) is 8.90. The molecule has 0 radical (unpaired) electrons. The lowest BCUT2D eigenvalue weighted by Gasteiger charge is -1.97. The molecule has 80 valence electrons. The molecule has 0 saturated heterocycles. The minimum atomic E-state index is 0.281. The Kier molecular flexibility index (Phi) is 1.70. The highest BCUT2D eigenvalue weighted by molar-refractivity contribution is 5.63. The Morgan fingerprint density at radius 3 is 2.81 bits per heavy atom. The molecule has 0 amide bonds. The standard InChI is InChI=1S/C10H10N6/c1-15-5-8(4-12-15)7-2-3-9-13-10(11)14-16(9)6-7/h2-6H,1H3,(H2,11,14). The molecule has 0 unspecified atom stereocenters. The van der Waals surface area contributed by atoms with Crippen molar-refractivity contribution < 1.29 is 0 Å². The first-order chi connectivity index (χ1) is 7.72. The maximum Gasteiger partial charge on any atom is 0.240 e. The Bertz CT molecular complexity index is 650. The molecular weight excluding hydrogens is 204 g/mol. The maximum absolute atomic E-state index is 5.52. The van der Waals surface area contributed by atoms with E-state index in [0.717, 1.165) is 16.8 Å². The Balaban J connectivity index is 2.17.